The van der Waals surface area contributed by atoms with E-state index in [2.05, 4.69) is 9.71 Å². The molecule has 1 aromatic heterocycles. The first-order chi connectivity index (χ1) is 9.06. The Morgan fingerprint density at radius 1 is 1.26 bits per heavy atom. The van der Waals surface area contributed by atoms with Crippen LogP contribution in [0.25, 0.3) is 10.9 Å². The van der Waals surface area contributed by atoms with Crippen molar-refractivity contribution in [3.8, 4) is 0 Å². The van der Waals surface area contributed by atoms with Crippen LogP contribution in [0.5, 0.6) is 0 Å². The lowest BCUT2D eigenvalue weighted by Crippen LogP contribution is -2.32. The Morgan fingerprint density at radius 3 is 2.74 bits per heavy atom. The first-order valence-electron chi connectivity index (χ1n) is 6.45. The Kier molecular flexibility index (Phi) is 2.99. The van der Waals surface area contributed by atoms with Crippen molar-refractivity contribution < 1.29 is 8.42 Å². The maximum Gasteiger partial charge on any atom is 0.242 e. The van der Waals surface area contributed by atoms with Crippen molar-refractivity contribution in [3.05, 3.63) is 24.4 Å². The molecule has 3 rings (SSSR count). The molecule has 1 saturated carbocycles. The van der Waals surface area contributed by atoms with Crippen LogP contribution in [-0.4, -0.2) is 19.4 Å². The summed E-state index contributed by atoms with van der Waals surface area (Å²) in [6, 6.07) is 5.27. The van der Waals surface area contributed by atoms with Crippen molar-refractivity contribution in [1.82, 2.24) is 9.71 Å². The number of anilines is 1. The van der Waals surface area contributed by atoms with Crippen LogP contribution in [0.15, 0.2) is 29.3 Å². The van der Waals surface area contributed by atoms with Crippen molar-refractivity contribution in [3.63, 3.8) is 0 Å². The fourth-order valence-corrected chi connectivity index (χ4v) is 4.15. The van der Waals surface area contributed by atoms with Gasteiger partial charge in [-0.3, -0.25) is 0 Å². The molecule has 0 spiro atoms. The molecule has 0 unspecified atom stereocenters. The third-order valence-corrected chi connectivity index (χ3v) is 5.19. The largest absolute Gasteiger partial charge is 0.399 e. The molecule has 1 aliphatic carbocycles. The van der Waals surface area contributed by atoms with E-state index >= 15 is 0 Å². The number of benzene rings is 1. The summed E-state index contributed by atoms with van der Waals surface area (Å²) >= 11 is 0. The summed E-state index contributed by atoms with van der Waals surface area (Å²) < 4.78 is 27.6. The Hall–Kier alpha value is -1.53. The number of hydrogen-bond acceptors (Lipinski definition) is 3. The highest BCUT2D eigenvalue weighted by molar-refractivity contribution is 7.89. The normalized spacial score (nSPS) is 17.3. The highest BCUT2D eigenvalue weighted by Gasteiger charge is 2.25. The third-order valence-electron chi connectivity index (χ3n) is 3.63. The topological polar surface area (TPSA) is 88.0 Å². The minimum Gasteiger partial charge on any atom is -0.399 e. The molecular formula is C13H17N3O2S. The van der Waals surface area contributed by atoms with E-state index in [-0.39, 0.29) is 6.04 Å². The van der Waals surface area contributed by atoms with E-state index < -0.39 is 10.0 Å². The van der Waals surface area contributed by atoms with Gasteiger partial charge in [0, 0.05) is 28.8 Å². The number of nitrogen functional groups attached to an aromatic ring is 1. The summed E-state index contributed by atoms with van der Waals surface area (Å²) in [6.45, 7) is 0. The SMILES string of the molecule is Nc1ccc2c(S(=O)(=O)NC3CCCC3)c[nH]c2c1. The van der Waals surface area contributed by atoms with Gasteiger partial charge in [-0.25, -0.2) is 13.1 Å². The van der Waals surface area contributed by atoms with Gasteiger partial charge in [-0.05, 0) is 31.0 Å². The summed E-state index contributed by atoms with van der Waals surface area (Å²) in [5.41, 5.74) is 7.04. The van der Waals surface area contributed by atoms with E-state index in [0.29, 0.717) is 16.0 Å². The minimum absolute atomic E-state index is 0.0729. The van der Waals surface area contributed by atoms with Crippen molar-refractivity contribution in [2.24, 2.45) is 0 Å². The van der Waals surface area contributed by atoms with Gasteiger partial charge in [0.1, 0.15) is 4.90 Å². The van der Waals surface area contributed by atoms with Gasteiger partial charge in [0.2, 0.25) is 10.0 Å². The molecule has 4 N–H and O–H groups in total. The Balaban J connectivity index is 1.98. The molecule has 102 valence electrons. The first-order valence-corrected chi connectivity index (χ1v) is 7.93. The molecule has 1 aromatic carbocycles. The standard InChI is InChI=1S/C13H17N3O2S/c14-9-5-6-11-12(7-9)15-8-13(11)19(17,18)16-10-3-1-2-4-10/h5-8,10,15-16H,1-4,14H2. The van der Waals surface area contributed by atoms with Crippen molar-refractivity contribution in [1.29, 1.82) is 0 Å². The molecule has 0 atom stereocenters. The van der Waals surface area contributed by atoms with Gasteiger partial charge in [0.25, 0.3) is 0 Å². The van der Waals surface area contributed by atoms with Gasteiger partial charge in [0.05, 0.1) is 0 Å². The number of aromatic amines is 1. The molecular weight excluding hydrogens is 262 g/mol. The summed E-state index contributed by atoms with van der Waals surface area (Å²) in [5, 5.41) is 0.680. The summed E-state index contributed by atoms with van der Waals surface area (Å²) in [6.07, 6.45) is 5.57. The van der Waals surface area contributed by atoms with Gasteiger partial charge in [0.15, 0.2) is 0 Å². The van der Waals surface area contributed by atoms with E-state index in [0.717, 1.165) is 31.2 Å². The molecule has 19 heavy (non-hydrogen) atoms. The van der Waals surface area contributed by atoms with Gasteiger partial charge < -0.3 is 10.7 Å². The minimum atomic E-state index is -3.46. The van der Waals surface area contributed by atoms with Crippen molar-refractivity contribution in [2.75, 3.05) is 5.73 Å². The maximum atomic E-state index is 12.4. The highest BCUT2D eigenvalue weighted by Crippen LogP contribution is 2.26. The lowest BCUT2D eigenvalue weighted by Gasteiger charge is -2.11. The fraction of sp³-hybridized carbons (Fsp3) is 0.385. The third kappa shape index (κ3) is 2.33. The van der Waals surface area contributed by atoms with E-state index in [4.69, 9.17) is 5.73 Å². The average molecular weight is 279 g/mol. The number of nitrogens with one attached hydrogen (secondary N) is 2. The second kappa shape index (κ2) is 4.54. The molecule has 0 radical (unpaired) electrons. The van der Waals surface area contributed by atoms with E-state index in [9.17, 15) is 8.42 Å². The van der Waals surface area contributed by atoms with Crippen LogP contribution in [0.2, 0.25) is 0 Å². The fourth-order valence-electron chi connectivity index (χ4n) is 2.67. The molecule has 1 fully saturated rings. The number of rotatable bonds is 3. The van der Waals surface area contributed by atoms with E-state index in [1.165, 1.54) is 6.20 Å². The molecule has 1 heterocycles. The molecule has 2 aromatic rings. The number of sulfonamides is 1. The monoisotopic (exact) mass is 279 g/mol. The molecule has 0 saturated heterocycles. The second-order valence-corrected chi connectivity index (χ2v) is 6.74. The number of H-pyrrole nitrogens is 1. The van der Waals surface area contributed by atoms with Crippen LogP contribution in [0.4, 0.5) is 5.69 Å². The molecule has 0 bridgehead atoms. The first kappa shape index (κ1) is 12.5. The van der Waals surface area contributed by atoms with Gasteiger partial charge in [-0.15, -0.1) is 0 Å². The predicted molar refractivity (Wildman–Crippen MR) is 75.3 cm³/mol. The van der Waals surface area contributed by atoms with Crippen LogP contribution in [0.1, 0.15) is 25.7 Å². The Labute approximate surface area is 112 Å². The van der Waals surface area contributed by atoms with E-state index in [1.54, 1.807) is 18.2 Å². The summed E-state index contributed by atoms with van der Waals surface area (Å²) in [5.74, 6) is 0. The van der Waals surface area contributed by atoms with Crippen LogP contribution in [-0.2, 0) is 10.0 Å². The van der Waals surface area contributed by atoms with Crippen LogP contribution in [0, 0.1) is 0 Å². The van der Waals surface area contributed by atoms with Crippen LogP contribution < -0.4 is 10.5 Å². The summed E-state index contributed by atoms with van der Waals surface area (Å²) in [4.78, 5) is 3.26. The molecule has 5 nitrogen and oxygen atoms in total. The number of fused-ring (bicyclic) bond motifs is 1. The number of aromatic nitrogens is 1. The molecule has 1 aliphatic rings. The van der Waals surface area contributed by atoms with Crippen molar-refractivity contribution in [2.45, 2.75) is 36.6 Å². The Morgan fingerprint density at radius 2 is 2.00 bits per heavy atom. The Bertz CT molecular complexity index is 700. The van der Waals surface area contributed by atoms with Crippen LogP contribution in [0.3, 0.4) is 0 Å². The van der Waals surface area contributed by atoms with Crippen LogP contribution >= 0.6 is 0 Å². The zero-order valence-electron chi connectivity index (χ0n) is 10.5. The predicted octanol–water partition coefficient (Wildman–Crippen LogP) is 1.97. The maximum absolute atomic E-state index is 12.4. The van der Waals surface area contributed by atoms with E-state index in [1.807, 2.05) is 0 Å². The van der Waals surface area contributed by atoms with Gasteiger partial charge in [-0.1, -0.05) is 12.8 Å². The highest BCUT2D eigenvalue weighted by atomic mass is 32.2. The number of hydrogen-bond donors (Lipinski definition) is 3. The summed E-state index contributed by atoms with van der Waals surface area (Å²) in [7, 11) is -3.46. The quantitative estimate of drug-likeness (QED) is 0.751. The smallest absolute Gasteiger partial charge is 0.242 e. The number of nitrogens with two attached hydrogens (primary N) is 1. The molecule has 0 aliphatic heterocycles. The van der Waals surface area contributed by atoms with Gasteiger partial charge >= 0.3 is 0 Å². The zero-order chi connectivity index (χ0) is 13.5. The second-order valence-electron chi connectivity index (χ2n) is 5.06. The zero-order valence-corrected chi connectivity index (χ0v) is 11.3. The average Bonchev–Trinajstić information content (AvgIpc) is 2.96. The lowest BCUT2D eigenvalue weighted by atomic mass is 10.2. The molecule has 0 amide bonds. The van der Waals surface area contributed by atoms with Crippen molar-refractivity contribution >= 4 is 26.6 Å². The van der Waals surface area contributed by atoms with Gasteiger partial charge in [-0.2, -0.15) is 0 Å². The molecule has 6 heteroatoms. The lowest BCUT2D eigenvalue weighted by molar-refractivity contribution is 0.553.